The SMILES string of the molecule is CCc1ccc(C(=O)Nc2cc(S(N)(=O)=O)ccc2Cl)o1. The highest BCUT2D eigenvalue weighted by Crippen LogP contribution is 2.25. The highest BCUT2D eigenvalue weighted by Gasteiger charge is 2.15. The van der Waals surface area contributed by atoms with Gasteiger partial charge in [-0.1, -0.05) is 18.5 Å². The Morgan fingerprint density at radius 2 is 2.05 bits per heavy atom. The Morgan fingerprint density at radius 1 is 1.33 bits per heavy atom. The number of sulfonamides is 1. The van der Waals surface area contributed by atoms with Gasteiger partial charge in [0.2, 0.25) is 10.0 Å². The lowest BCUT2D eigenvalue weighted by Crippen LogP contribution is -2.14. The van der Waals surface area contributed by atoms with Gasteiger partial charge < -0.3 is 9.73 Å². The van der Waals surface area contributed by atoms with Crippen LogP contribution < -0.4 is 10.5 Å². The lowest BCUT2D eigenvalue weighted by molar-refractivity contribution is 0.0995. The largest absolute Gasteiger partial charge is 0.456 e. The number of rotatable bonds is 4. The number of hydrogen-bond donors (Lipinski definition) is 2. The second-order valence-electron chi connectivity index (χ2n) is 4.26. The molecule has 0 aliphatic carbocycles. The van der Waals surface area contributed by atoms with Gasteiger partial charge in [-0.25, -0.2) is 13.6 Å². The molecule has 2 aromatic rings. The van der Waals surface area contributed by atoms with E-state index in [0.717, 1.165) is 0 Å². The lowest BCUT2D eigenvalue weighted by atomic mass is 10.3. The summed E-state index contributed by atoms with van der Waals surface area (Å²) in [5.41, 5.74) is 0.141. The summed E-state index contributed by atoms with van der Waals surface area (Å²) in [6, 6.07) is 7.02. The molecule has 3 N–H and O–H groups in total. The van der Waals surface area contributed by atoms with E-state index in [0.29, 0.717) is 12.2 Å². The highest BCUT2D eigenvalue weighted by molar-refractivity contribution is 7.89. The summed E-state index contributed by atoms with van der Waals surface area (Å²) < 4.78 is 27.9. The Labute approximate surface area is 126 Å². The van der Waals surface area contributed by atoms with Gasteiger partial charge in [0.25, 0.3) is 5.91 Å². The number of amides is 1. The monoisotopic (exact) mass is 328 g/mol. The first-order valence-corrected chi connectivity index (χ1v) is 7.96. The number of anilines is 1. The Balaban J connectivity index is 2.28. The molecule has 0 spiro atoms. The molecular formula is C13H13ClN2O4S. The Bertz CT molecular complexity index is 783. The number of halogens is 1. The summed E-state index contributed by atoms with van der Waals surface area (Å²) in [5.74, 6) is 0.261. The summed E-state index contributed by atoms with van der Waals surface area (Å²) >= 11 is 5.93. The predicted molar refractivity (Wildman–Crippen MR) is 78.9 cm³/mol. The molecule has 0 bridgehead atoms. The highest BCUT2D eigenvalue weighted by atomic mass is 35.5. The molecule has 8 heteroatoms. The maximum atomic E-state index is 12.0. The number of aryl methyl sites for hydroxylation is 1. The maximum Gasteiger partial charge on any atom is 0.291 e. The summed E-state index contributed by atoms with van der Waals surface area (Å²) in [5, 5.41) is 7.72. The summed E-state index contributed by atoms with van der Waals surface area (Å²) in [6.07, 6.45) is 0.662. The smallest absolute Gasteiger partial charge is 0.291 e. The molecule has 1 aromatic carbocycles. The van der Waals surface area contributed by atoms with Gasteiger partial charge in [-0.2, -0.15) is 0 Å². The Kier molecular flexibility index (Phi) is 4.36. The van der Waals surface area contributed by atoms with Gasteiger partial charge in [0.1, 0.15) is 5.76 Å². The lowest BCUT2D eigenvalue weighted by Gasteiger charge is -2.07. The number of carbonyl (C=O) groups is 1. The topological polar surface area (TPSA) is 102 Å². The van der Waals surface area contributed by atoms with Crippen LogP contribution in [0.5, 0.6) is 0 Å². The quantitative estimate of drug-likeness (QED) is 0.899. The minimum Gasteiger partial charge on any atom is -0.456 e. The van der Waals surface area contributed by atoms with Crippen molar-refractivity contribution in [2.24, 2.45) is 5.14 Å². The normalized spacial score (nSPS) is 11.4. The minimum atomic E-state index is -3.88. The van der Waals surface area contributed by atoms with Crippen molar-refractivity contribution in [2.45, 2.75) is 18.2 Å². The zero-order chi connectivity index (χ0) is 15.6. The first-order chi connectivity index (χ1) is 9.81. The number of nitrogens with one attached hydrogen (secondary N) is 1. The molecule has 0 atom stereocenters. The fourth-order valence-electron chi connectivity index (χ4n) is 1.65. The number of primary sulfonamides is 1. The van der Waals surface area contributed by atoms with Gasteiger partial charge in [-0.3, -0.25) is 4.79 Å². The van der Waals surface area contributed by atoms with Gasteiger partial charge in [0, 0.05) is 6.42 Å². The number of benzene rings is 1. The van der Waals surface area contributed by atoms with E-state index in [4.69, 9.17) is 21.2 Å². The Morgan fingerprint density at radius 3 is 2.62 bits per heavy atom. The van der Waals surface area contributed by atoms with Crippen molar-refractivity contribution in [1.29, 1.82) is 0 Å². The van der Waals surface area contributed by atoms with Gasteiger partial charge in [0.15, 0.2) is 5.76 Å². The van der Waals surface area contributed by atoms with Crippen molar-refractivity contribution < 1.29 is 17.6 Å². The van der Waals surface area contributed by atoms with E-state index in [1.54, 1.807) is 6.07 Å². The third kappa shape index (κ3) is 3.63. The van der Waals surface area contributed by atoms with Crippen molar-refractivity contribution in [1.82, 2.24) is 0 Å². The van der Waals surface area contributed by atoms with Crippen LogP contribution >= 0.6 is 11.6 Å². The van der Waals surface area contributed by atoms with Crippen molar-refractivity contribution in [3.8, 4) is 0 Å². The molecule has 0 radical (unpaired) electrons. The molecule has 21 heavy (non-hydrogen) atoms. The molecule has 2 rings (SSSR count). The predicted octanol–water partition coefficient (Wildman–Crippen LogP) is 2.40. The van der Waals surface area contributed by atoms with E-state index in [1.807, 2.05) is 6.92 Å². The molecule has 6 nitrogen and oxygen atoms in total. The van der Waals surface area contributed by atoms with Crippen LogP contribution in [0.15, 0.2) is 39.6 Å². The van der Waals surface area contributed by atoms with Gasteiger partial charge in [-0.05, 0) is 30.3 Å². The van der Waals surface area contributed by atoms with Gasteiger partial charge >= 0.3 is 0 Å². The summed E-state index contributed by atoms with van der Waals surface area (Å²) in [7, 11) is -3.88. The second-order valence-corrected chi connectivity index (χ2v) is 6.23. The number of hydrogen-bond acceptors (Lipinski definition) is 4. The molecule has 0 fully saturated rings. The summed E-state index contributed by atoms with van der Waals surface area (Å²) in [4.78, 5) is 11.9. The van der Waals surface area contributed by atoms with Crippen LogP contribution in [-0.2, 0) is 16.4 Å². The molecular weight excluding hydrogens is 316 g/mol. The van der Waals surface area contributed by atoms with E-state index < -0.39 is 15.9 Å². The van der Waals surface area contributed by atoms with Crippen molar-refractivity contribution in [3.05, 3.63) is 46.9 Å². The van der Waals surface area contributed by atoms with Crippen LogP contribution in [0, 0.1) is 0 Å². The summed E-state index contributed by atoms with van der Waals surface area (Å²) in [6.45, 7) is 1.90. The van der Waals surface area contributed by atoms with Crippen LogP contribution in [0.25, 0.3) is 0 Å². The first kappa shape index (κ1) is 15.6. The fraction of sp³-hybridized carbons (Fsp3) is 0.154. The third-order valence-electron chi connectivity index (χ3n) is 2.75. The van der Waals surface area contributed by atoms with E-state index in [9.17, 15) is 13.2 Å². The number of furan rings is 1. The zero-order valence-electron chi connectivity index (χ0n) is 11.1. The zero-order valence-corrected chi connectivity index (χ0v) is 12.7. The second kappa shape index (κ2) is 5.88. The molecule has 1 aromatic heterocycles. The Hall–Kier alpha value is -1.83. The standard InChI is InChI=1S/C13H13ClN2O4S/c1-2-8-3-6-12(20-8)13(17)16-11-7-9(21(15,18)19)4-5-10(11)14/h3-7H,2H2,1H3,(H,16,17)(H2,15,18,19). The fourth-order valence-corrected chi connectivity index (χ4v) is 2.36. The molecule has 0 aliphatic rings. The average Bonchev–Trinajstić information content (AvgIpc) is 2.88. The van der Waals surface area contributed by atoms with E-state index in [2.05, 4.69) is 5.32 Å². The molecule has 0 aliphatic heterocycles. The average molecular weight is 329 g/mol. The van der Waals surface area contributed by atoms with E-state index in [-0.39, 0.29) is 21.4 Å². The first-order valence-electron chi connectivity index (χ1n) is 6.03. The van der Waals surface area contributed by atoms with Gasteiger partial charge in [-0.15, -0.1) is 0 Å². The molecule has 0 saturated carbocycles. The molecule has 112 valence electrons. The third-order valence-corrected chi connectivity index (χ3v) is 3.99. The van der Waals surface area contributed by atoms with Crippen molar-refractivity contribution >= 4 is 33.2 Å². The maximum absolute atomic E-state index is 12.0. The van der Waals surface area contributed by atoms with Gasteiger partial charge in [0.05, 0.1) is 15.6 Å². The van der Waals surface area contributed by atoms with Crippen LogP contribution in [0.3, 0.4) is 0 Å². The van der Waals surface area contributed by atoms with Crippen LogP contribution in [0.2, 0.25) is 5.02 Å². The van der Waals surface area contributed by atoms with E-state index in [1.165, 1.54) is 24.3 Å². The molecule has 0 unspecified atom stereocenters. The minimum absolute atomic E-state index is 0.115. The van der Waals surface area contributed by atoms with Crippen LogP contribution in [0.1, 0.15) is 23.2 Å². The van der Waals surface area contributed by atoms with Crippen LogP contribution in [0.4, 0.5) is 5.69 Å². The number of carbonyl (C=O) groups excluding carboxylic acids is 1. The van der Waals surface area contributed by atoms with Crippen molar-refractivity contribution in [3.63, 3.8) is 0 Å². The van der Waals surface area contributed by atoms with Crippen molar-refractivity contribution in [2.75, 3.05) is 5.32 Å². The number of nitrogens with two attached hydrogens (primary N) is 1. The molecule has 1 heterocycles. The molecule has 1 amide bonds. The van der Waals surface area contributed by atoms with E-state index >= 15 is 0 Å². The molecule has 0 saturated heterocycles. The van der Waals surface area contributed by atoms with Crippen LogP contribution in [-0.4, -0.2) is 14.3 Å².